The Morgan fingerprint density at radius 1 is 0.960 bits per heavy atom. The molecule has 4 rings (SSSR count). The van der Waals surface area contributed by atoms with Crippen LogP contribution in [-0.2, 0) is 6.54 Å². The van der Waals surface area contributed by atoms with Gasteiger partial charge in [-0.3, -0.25) is 10.00 Å². The average molecular weight is 342 g/mol. The van der Waals surface area contributed by atoms with Gasteiger partial charge in [0, 0.05) is 50.5 Å². The largest absolute Gasteiger partial charge is 0.354 e. The molecule has 2 aromatic heterocycles. The molecule has 0 aromatic carbocycles. The molecule has 0 radical (unpaired) electrons. The lowest BCUT2D eigenvalue weighted by molar-refractivity contribution is 0.243. The fourth-order valence-corrected chi connectivity index (χ4v) is 3.60. The van der Waals surface area contributed by atoms with Crippen LogP contribution in [-0.4, -0.2) is 69.3 Å². The summed E-state index contributed by atoms with van der Waals surface area (Å²) in [5, 5.41) is 6.86. The maximum atomic E-state index is 4.93. The SMILES string of the molecule is Cc1nc(N2CCCC2)nc(N2CCN(Cc3ncn[nH]3)CC2)c1C. The van der Waals surface area contributed by atoms with Crippen LogP contribution in [0.2, 0.25) is 0 Å². The molecule has 0 spiro atoms. The number of aryl methyl sites for hydroxylation is 1. The monoisotopic (exact) mass is 342 g/mol. The minimum absolute atomic E-state index is 0.828. The van der Waals surface area contributed by atoms with Crippen molar-refractivity contribution < 1.29 is 0 Å². The number of nitrogens with one attached hydrogen (secondary N) is 1. The van der Waals surface area contributed by atoms with E-state index in [2.05, 4.69) is 43.7 Å². The molecule has 134 valence electrons. The Labute approximate surface area is 148 Å². The number of hydrogen-bond donors (Lipinski definition) is 1. The minimum Gasteiger partial charge on any atom is -0.354 e. The Morgan fingerprint density at radius 2 is 1.72 bits per heavy atom. The number of rotatable bonds is 4. The van der Waals surface area contributed by atoms with Crippen LogP contribution in [0.1, 0.15) is 29.9 Å². The molecule has 0 atom stereocenters. The van der Waals surface area contributed by atoms with Crippen LogP contribution in [0.3, 0.4) is 0 Å². The Hall–Kier alpha value is -2.22. The van der Waals surface area contributed by atoms with Gasteiger partial charge in [0.15, 0.2) is 0 Å². The van der Waals surface area contributed by atoms with E-state index in [9.17, 15) is 0 Å². The van der Waals surface area contributed by atoms with Crippen LogP contribution in [0.25, 0.3) is 0 Å². The number of anilines is 2. The molecule has 2 aliphatic heterocycles. The van der Waals surface area contributed by atoms with Crippen molar-refractivity contribution in [3.63, 3.8) is 0 Å². The standard InChI is InChI=1S/C17H26N8/c1-13-14(2)20-17(25-5-3-4-6-25)21-16(13)24-9-7-23(8-10-24)11-15-18-12-19-22-15/h12H,3-11H2,1-2H3,(H,18,19,22). The van der Waals surface area contributed by atoms with Crippen LogP contribution in [0.5, 0.6) is 0 Å². The van der Waals surface area contributed by atoms with Gasteiger partial charge in [-0.15, -0.1) is 0 Å². The molecule has 8 heteroatoms. The van der Waals surface area contributed by atoms with Crippen LogP contribution in [0, 0.1) is 13.8 Å². The van der Waals surface area contributed by atoms with Gasteiger partial charge >= 0.3 is 0 Å². The van der Waals surface area contributed by atoms with Gasteiger partial charge in [0.1, 0.15) is 18.0 Å². The van der Waals surface area contributed by atoms with E-state index in [1.165, 1.54) is 18.4 Å². The van der Waals surface area contributed by atoms with Crippen LogP contribution < -0.4 is 9.80 Å². The third-order valence-electron chi connectivity index (χ3n) is 5.25. The van der Waals surface area contributed by atoms with Gasteiger partial charge in [0.05, 0.1) is 6.54 Å². The average Bonchev–Trinajstić information content (AvgIpc) is 3.32. The fourth-order valence-electron chi connectivity index (χ4n) is 3.60. The van der Waals surface area contributed by atoms with Crippen LogP contribution >= 0.6 is 0 Å². The molecule has 2 aromatic rings. The van der Waals surface area contributed by atoms with E-state index in [4.69, 9.17) is 9.97 Å². The summed E-state index contributed by atoms with van der Waals surface area (Å²) in [6.45, 7) is 11.2. The predicted octanol–water partition coefficient (Wildman–Crippen LogP) is 1.13. The third-order valence-corrected chi connectivity index (χ3v) is 5.25. The smallest absolute Gasteiger partial charge is 0.227 e. The number of piperazine rings is 1. The number of nitrogens with zero attached hydrogens (tertiary/aromatic N) is 7. The van der Waals surface area contributed by atoms with Crippen molar-refractivity contribution in [2.45, 2.75) is 33.2 Å². The number of hydrogen-bond acceptors (Lipinski definition) is 7. The summed E-state index contributed by atoms with van der Waals surface area (Å²) in [6, 6.07) is 0. The Morgan fingerprint density at radius 3 is 2.40 bits per heavy atom. The van der Waals surface area contributed by atoms with Gasteiger partial charge in [0.2, 0.25) is 5.95 Å². The lowest BCUT2D eigenvalue weighted by Crippen LogP contribution is -2.46. The van der Waals surface area contributed by atoms with Crippen molar-refractivity contribution in [1.82, 2.24) is 30.0 Å². The van der Waals surface area contributed by atoms with E-state index in [0.717, 1.165) is 69.1 Å². The molecule has 2 saturated heterocycles. The van der Waals surface area contributed by atoms with Gasteiger partial charge < -0.3 is 9.80 Å². The summed E-state index contributed by atoms with van der Waals surface area (Å²) in [5.74, 6) is 2.94. The summed E-state index contributed by atoms with van der Waals surface area (Å²) in [4.78, 5) is 21.0. The van der Waals surface area contributed by atoms with Gasteiger partial charge in [-0.25, -0.2) is 9.97 Å². The number of aromatic nitrogens is 5. The molecule has 0 aliphatic carbocycles. The maximum Gasteiger partial charge on any atom is 0.227 e. The molecule has 4 heterocycles. The minimum atomic E-state index is 0.828. The summed E-state index contributed by atoms with van der Waals surface area (Å²) < 4.78 is 0. The first-order valence-electron chi connectivity index (χ1n) is 9.12. The second-order valence-corrected chi connectivity index (χ2v) is 6.95. The van der Waals surface area contributed by atoms with Gasteiger partial charge in [-0.1, -0.05) is 0 Å². The molecule has 2 fully saturated rings. The van der Waals surface area contributed by atoms with Gasteiger partial charge in [-0.2, -0.15) is 10.1 Å². The Bertz CT molecular complexity index is 700. The second-order valence-electron chi connectivity index (χ2n) is 6.95. The topological polar surface area (TPSA) is 77.1 Å². The van der Waals surface area contributed by atoms with E-state index in [1.54, 1.807) is 6.33 Å². The van der Waals surface area contributed by atoms with E-state index in [-0.39, 0.29) is 0 Å². The lowest BCUT2D eigenvalue weighted by Gasteiger charge is -2.36. The van der Waals surface area contributed by atoms with Crippen molar-refractivity contribution in [2.75, 3.05) is 49.1 Å². The normalized spacial score (nSPS) is 19.0. The summed E-state index contributed by atoms with van der Waals surface area (Å²) >= 11 is 0. The van der Waals surface area contributed by atoms with Crippen LogP contribution in [0.4, 0.5) is 11.8 Å². The highest BCUT2D eigenvalue weighted by Gasteiger charge is 2.23. The summed E-state index contributed by atoms with van der Waals surface area (Å²) in [7, 11) is 0. The second kappa shape index (κ2) is 6.95. The zero-order valence-corrected chi connectivity index (χ0v) is 15.1. The molecule has 0 amide bonds. The molecular weight excluding hydrogens is 316 g/mol. The molecule has 2 aliphatic rings. The van der Waals surface area contributed by atoms with Gasteiger partial charge in [-0.05, 0) is 26.7 Å². The first kappa shape index (κ1) is 16.3. The Balaban J connectivity index is 1.46. The van der Waals surface area contributed by atoms with Crippen molar-refractivity contribution in [3.05, 3.63) is 23.4 Å². The van der Waals surface area contributed by atoms with Crippen molar-refractivity contribution in [1.29, 1.82) is 0 Å². The first-order valence-corrected chi connectivity index (χ1v) is 9.12. The van der Waals surface area contributed by atoms with Crippen molar-refractivity contribution >= 4 is 11.8 Å². The zero-order valence-electron chi connectivity index (χ0n) is 15.1. The molecule has 0 saturated carbocycles. The van der Waals surface area contributed by atoms with E-state index >= 15 is 0 Å². The molecule has 1 N–H and O–H groups in total. The molecule has 0 unspecified atom stereocenters. The molecule has 0 bridgehead atoms. The highest BCUT2D eigenvalue weighted by molar-refractivity contribution is 5.53. The van der Waals surface area contributed by atoms with E-state index in [0.29, 0.717) is 0 Å². The highest BCUT2D eigenvalue weighted by Crippen LogP contribution is 2.25. The number of H-pyrrole nitrogens is 1. The third kappa shape index (κ3) is 3.44. The predicted molar refractivity (Wildman–Crippen MR) is 96.8 cm³/mol. The zero-order chi connectivity index (χ0) is 17.2. The van der Waals surface area contributed by atoms with E-state index in [1.807, 2.05) is 0 Å². The summed E-state index contributed by atoms with van der Waals surface area (Å²) in [6.07, 6.45) is 4.05. The maximum absolute atomic E-state index is 4.93. The molecule has 25 heavy (non-hydrogen) atoms. The quantitative estimate of drug-likeness (QED) is 0.892. The summed E-state index contributed by atoms with van der Waals surface area (Å²) in [5.41, 5.74) is 2.29. The molecular formula is C17H26N8. The van der Waals surface area contributed by atoms with Crippen LogP contribution in [0.15, 0.2) is 6.33 Å². The lowest BCUT2D eigenvalue weighted by atomic mass is 10.2. The van der Waals surface area contributed by atoms with Crippen molar-refractivity contribution in [2.24, 2.45) is 0 Å². The van der Waals surface area contributed by atoms with E-state index < -0.39 is 0 Å². The van der Waals surface area contributed by atoms with Gasteiger partial charge in [0.25, 0.3) is 0 Å². The first-order chi connectivity index (χ1) is 12.2. The van der Waals surface area contributed by atoms with Crippen molar-refractivity contribution in [3.8, 4) is 0 Å². The Kier molecular flexibility index (Phi) is 4.52. The fraction of sp³-hybridized carbons (Fsp3) is 0.647. The number of aromatic amines is 1. The highest BCUT2D eigenvalue weighted by atomic mass is 15.3. The molecule has 8 nitrogen and oxygen atoms in total.